The standard InChI is InChI=1S/C7H11NO5P2S/c9-14(10,5-15(11,12)13)6-16-7-3-1-2-4-8-7/h1-4H,5-6H2,(H,9,10)(H2,11,12,13). The van der Waals surface area contributed by atoms with Crippen LogP contribution < -0.4 is 0 Å². The molecule has 0 aliphatic rings. The maximum Gasteiger partial charge on any atom is 0.335 e. The normalized spacial score (nSPS) is 15.7. The molecule has 16 heavy (non-hydrogen) atoms. The lowest BCUT2D eigenvalue weighted by molar-refractivity contribution is 0.376. The lowest BCUT2D eigenvalue weighted by atomic mass is 10.5. The molecule has 0 fully saturated rings. The van der Waals surface area contributed by atoms with Crippen molar-refractivity contribution in [2.75, 3.05) is 11.4 Å². The molecule has 0 saturated carbocycles. The van der Waals surface area contributed by atoms with Gasteiger partial charge in [-0.25, -0.2) is 4.98 Å². The van der Waals surface area contributed by atoms with Gasteiger partial charge in [-0.05, 0) is 12.1 Å². The summed E-state index contributed by atoms with van der Waals surface area (Å²) in [6, 6.07) is 5.08. The summed E-state index contributed by atoms with van der Waals surface area (Å²) in [6.45, 7) is 0. The van der Waals surface area contributed by atoms with E-state index in [-0.39, 0.29) is 5.49 Å². The van der Waals surface area contributed by atoms with Crippen LogP contribution >= 0.6 is 26.7 Å². The molecule has 6 nitrogen and oxygen atoms in total. The lowest BCUT2D eigenvalue weighted by Gasteiger charge is -2.11. The number of aromatic nitrogens is 1. The topological polar surface area (TPSA) is 108 Å². The monoisotopic (exact) mass is 283 g/mol. The van der Waals surface area contributed by atoms with Gasteiger partial charge in [-0.1, -0.05) is 17.8 Å². The Balaban J connectivity index is 2.55. The first-order valence-corrected chi connectivity index (χ1v) is 8.99. The van der Waals surface area contributed by atoms with Gasteiger partial charge in [0.1, 0.15) is 5.90 Å². The van der Waals surface area contributed by atoms with Gasteiger partial charge in [-0.3, -0.25) is 9.13 Å². The molecule has 1 aromatic heterocycles. The van der Waals surface area contributed by atoms with Crippen molar-refractivity contribution >= 4 is 26.7 Å². The van der Waals surface area contributed by atoms with Crippen molar-refractivity contribution in [1.29, 1.82) is 0 Å². The molecule has 0 radical (unpaired) electrons. The highest BCUT2D eigenvalue weighted by Gasteiger charge is 2.29. The van der Waals surface area contributed by atoms with Crippen molar-refractivity contribution in [2.45, 2.75) is 5.03 Å². The average molecular weight is 283 g/mol. The highest BCUT2D eigenvalue weighted by Crippen LogP contribution is 2.56. The van der Waals surface area contributed by atoms with E-state index in [1.165, 1.54) is 6.20 Å². The number of pyridine rings is 1. The summed E-state index contributed by atoms with van der Waals surface area (Å²) in [5.74, 6) is -0.986. The van der Waals surface area contributed by atoms with Crippen LogP contribution in [0.15, 0.2) is 29.4 Å². The molecule has 9 heteroatoms. The molecule has 1 heterocycles. The molecular weight excluding hydrogens is 272 g/mol. The Hall–Kier alpha value is -0.160. The van der Waals surface area contributed by atoms with Crippen LogP contribution in [0.3, 0.4) is 0 Å². The van der Waals surface area contributed by atoms with Gasteiger partial charge in [-0.2, -0.15) is 0 Å². The van der Waals surface area contributed by atoms with Gasteiger partial charge < -0.3 is 14.7 Å². The third-order valence-corrected chi connectivity index (χ3v) is 7.37. The molecule has 0 saturated heterocycles. The minimum atomic E-state index is -4.46. The molecule has 0 spiro atoms. The minimum absolute atomic E-state index is 0.255. The summed E-state index contributed by atoms with van der Waals surface area (Å²) >= 11 is 1.00. The van der Waals surface area contributed by atoms with Gasteiger partial charge in [0, 0.05) is 6.20 Å². The third-order valence-electron chi connectivity index (χ3n) is 1.46. The Kier molecular flexibility index (Phi) is 4.73. The summed E-state index contributed by atoms with van der Waals surface area (Å²) in [5.41, 5.74) is -0.255. The number of rotatable bonds is 5. The maximum atomic E-state index is 11.4. The number of nitrogens with zero attached hydrogens (tertiary/aromatic N) is 1. The van der Waals surface area contributed by atoms with Crippen molar-refractivity contribution in [1.82, 2.24) is 4.98 Å². The molecule has 0 bridgehead atoms. The minimum Gasteiger partial charge on any atom is -0.343 e. The van der Waals surface area contributed by atoms with Crippen LogP contribution in [0.5, 0.6) is 0 Å². The van der Waals surface area contributed by atoms with Gasteiger partial charge in [0.05, 0.1) is 10.5 Å². The first-order chi connectivity index (χ1) is 7.29. The van der Waals surface area contributed by atoms with Crippen molar-refractivity contribution in [2.24, 2.45) is 0 Å². The fourth-order valence-electron chi connectivity index (χ4n) is 0.928. The van der Waals surface area contributed by atoms with Crippen molar-refractivity contribution < 1.29 is 23.8 Å². The van der Waals surface area contributed by atoms with E-state index in [1.807, 2.05) is 0 Å². The molecular formula is C7H11NO5P2S. The number of hydrogen-bond acceptors (Lipinski definition) is 4. The molecule has 1 unspecified atom stereocenters. The van der Waals surface area contributed by atoms with E-state index in [1.54, 1.807) is 18.2 Å². The molecule has 1 atom stereocenters. The molecule has 0 aromatic carbocycles. The van der Waals surface area contributed by atoms with Crippen LogP contribution in [-0.4, -0.2) is 31.1 Å². The Morgan fingerprint density at radius 3 is 2.44 bits per heavy atom. The highest BCUT2D eigenvalue weighted by atomic mass is 32.2. The van der Waals surface area contributed by atoms with E-state index < -0.39 is 20.9 Å². The molecule has 90 valence electrons. The summed E-state index contributed by atoms with van der Waals surface area (Å²) in [7, 11) is -8.28. The average Bonchev–Trinajstić information content (AvgIpc) is 2.13. The van der Waals surface area contributed by atoms with Crippen LogP contribution in [0.2, 0.25) is 0 Å². The Labute approximate surface area is 96.7 Å². The van der Waals surface area contributed by atoms with E-state index in [4.69, 9.17) is 9.79 Å². The van der Waals surface area contributed by atoms with Crippen molar-refractivity contribution in [3.05, 3.63) is 24.4 Å². The van der Waals surface area contributed by atoms with Gasteiger partial charge in [0.15, 0.2) is 0 Å². The number of hydrogen-bond donors (Lipinski definition) is 3. The zero-order chi connectivity index (χ0) is 12.2. The molecule has 1 rings (SSSR count). The van der Waals surface area contributed by atoms with Crippen molar-refractivity contribution in [3.63, 3.8) is 0 Å². The van der Waals surface area contributed by atoms with Crippen molar-refractivity contribution in [3.8, 4) is 0 Å². The fraction of sp³-hybridized carbons (Fsp3) is 0.286. The number of thioether (sulfide) groups is 1. The van der Waals surface area contributed by atoms with Crippen LogP contribution in [0.4, 0.5) is 0 Å². The smallest absolute Gasteiger partial charge is 0.335 e. The third kappa shape index (κ3) is 5.80. The summed E-state index contributed by atoms with van der Waals surface area (Å²) in [4.78, 5) is 30.5. The highest BCUT2D eigenvalue weighted by molar-refractivity contribution is 8.05. The molecule has 3 N–H and O–H groups in total. The van der Waals surface area contributed by atoms with Gasteiger partial charge in [-0.15, -0.1) is 0 Å². The summed E-state index contributed by atoms with van der Waals surface area (Å²) < 4.78 is 22.0. The predicted molar refractivity (Wildman–Crippen MR) is 61.7 cm³/mol. The van der Waals surface area contributed by atoms with Gasteiger partial charge in [0.2, 0.25) is 7.37 Å². The van der Waals surface area contributed by atoms with E-state index in [9.17, 15) is 14.0 Å². The molecule has 1 aromatic rings. The Morgan fingerprint density at radius 1 is 1.25 bits per heavy atom. The first-order valence-electron chi connectivity index (χ1n) is 4.18. The molecule has 0 amide bonds. The van der Waals surface area contributed by atoms with E-state index in [2.05, 4.69) is 4.98 Å². The second-order valence-corrected chi connectivity index (χ2v) is 8.99. The second-order valence-electron chi connectivity index (χ2n) is 3.09. The molecule has 0 aliphatic heterocycles. The maximum absolute atomic E-state index is 11.4. The van der Waals surface area contributed by atoms with E-state index >= 15 is 0 Å². The zero-order valence-electron chi connectivity index (χ0n) is 8.13. The predicted octanol–water partition coefficient (Wildman–Crippen LogP) is 1.54. The van der Waals surface area contributed by atoms with Gasteiger partial charge >= 0.3 is 7.60 Å². The zero-order valence-corrected chi connectivity index (χ0v) is 10.7. The van der Waals surface area contributed by atoms with E-state index in [0.29, 0.717) is 5.03 Å². The SMILES string of the molecule is O=P(O)(O)CP(=O)(O)CSc1ccccn1. The first kappa shape index (κ1) is 13.9. The molecule has 0 aliphatic carbocycles. The van der Waals surface area contributed by atoms with Gasteiger partial charge in [0.25, 0.3) is 0 Å². The quantitative estimate of drug-likeness (QED) is 0.555. The Bertz CT molecular complexity index is 434. The largest absolute Gasteiger partial charge is 0.343 e. The van der Waals surface area contributed by atoms with Crippen LogP contribution in [-0.2, 0) is 9.13 Å². The fourth-order valence-corrected chi connectivity index (χ4v) is 5.94. The summed E-state index contributed by atoms with van der Waals surface area (Å²) in [5, 5.41) is 0.544. The summed E-state index contributed by atoms with van der Waals surface area (Å²) in [6.07, 6.45) is 1.54. The van der Waals surface area contributed by atoms with Crippen LogP contribution in [0.25, 0.3) is 0 Å². The van der Waals surface area contributed by atoms with Crippen LogP contribution in [0.1, 0.15) is 0 Å². The van der Waals surface area contributed by atoms with Crippen LogP contribution in [0, 0.1) is 0 Å². The second kappa shape index (κ2) is 5.45. The Morgan fingerprint density at radius 2 is 1.94 bits per heavy atom. The van der Waals surface area contributed by atoms with E-state index in [0.717, 1.165) is 11.8 Å². The lowest BCUT2D eigenvalue weighted by Crippen LogP contribution is -1.93.